The number of hydrogen-bond donors (Lipinski definition) is 2. The van der Waals surface area contributed by atoms with Crippen molar-refractivity contribution in [3.8, 4) is 5.75 Å². The van der Waals surface area contributed by atoms with Crippen LogP contribution in [0.5, 0.6) is 5.75 Å². The highest BCUT2D eigenvalue weighted by atomic mass is 35.5. The van der Waals surface area contributed by atoms with Crippen LogP contribution in [-0.2, 0) is 17.8 Å². The standard InChI is InChI=1S/C28H37ClN4O4/c1-37-25-8-3-2-6-23(25)20-32-15-17-33(18-16-32)27(34)26(30-28(35)36)22-10-13-31(14-11-22)12-9-21-5-4-7-24(29)19-21/h2-8,19,22,26,30H,9-18,20H2,1H3,(H,35,36). The van der Waals surface area contributed by atoms with Crippen molar-refractivity contribution < 1.29 is 19.4 Å². The molecule has 0 aliphatic carbocycles. The Morgan fingerprint density at radius 1 is 1.03 bits per heavy atom. The topological polar surface area (TPSA) is 85.3 Å². The number of nitrogens with one attached hydrogen (secondary N) is 1. The van der Waals surface area contributed by atoms with Gasteiger partial charge in [0.2, 0.25) is 5.91 Å². The molecule has 0 spiro atoms. The summed E-state index contributed by atoms with van der Waals surface area (Å²) in [6.07, 6.45) is 1.36. The molecule has 8 nitrogen and oxygen atoms in total. The van der Waals surface area contributed by atoms with E-state index >= 15 is 0 Å². The highest BCUT2D eigenvalue weighted by Gasteiger charge is 2.36. The predicted molar refractivity (Wildman–Crippen MR) is 144 cm³/mol. The van der Waals surface area contributed by atoms with E-state index in [0.29, 0.717) is 13.1 Å². The number of piperidine rings is 1. The van der Waals surface area contributed by atoms with Crippen LogP contribution in [0.4, 0.5) is 4.79 Å². The Balaban J connectivity index is 1.28. The molecule has 9 heteroatoms. The lowest BCUT2D eigenvalue weighted by molar-refractivity contribution is -0.137. The van der Waals surface area contributed by atoms with Gasteiger partial charge in [0, 0.05) is 49.9 Å². The Morgan fingerprint density at radius 2 is 1.76 bits per heavy atom. The van der Waals surface area contributed by atoms with Crippen molar-refractivity contribution in [1.29, 1.82) is 0 Å². The van der Waals surface area contributed by atoms with E-state index < -0.39 is 12.1 Å². The molecule has 2 N–H and O–H groups in total. The SMILES string of the molecule is COc1ccccc1CN1CCN(C(=O)C(NC(=O)O)C2CCN(CCc3cccc(Cl)c3)CC2)CC1. The minimum Gasteiger partial charge on any atom is -0.496 e. The zero-order chi connectivity index (χ0) is 26.2. The molecule has 2 amide bonds. The van der Waals surface area contributed by atoms with E-state index in [1.807, 2.05) is 41.3 Å². The van der Waals surface area contributed by atoms with Gasteiger partial charge >= 0.3 is 6.09 Å². The van der Waals surface area contributed by atoms with Crippen molar-refractivity contribution in [1.82, 2.24) is 20.0 Å². The van der Waals surface area contributed by atoms with Crippen molar-refractivity contribution in [3.63, 3.8) is 0 Å². The monoisotopic (exact) mass is 528 g/mol. The lowest BCUT2D eigenvalue weighted by atomic mass is 9.88. The van der Waals surface area contributed by atoms with Crippen molar-refractivity contribution in [2.45, 2.75) is 31.8 Å². The highest BCUT2D eigenvalue weighted by Crippen LogP contribution is 2.24. The van der Waals surface area contributed by atoms with E-state index in [9.17, 15) is 14.7 Å². The fourth-order valence-electron chi connectivity index (χ4n) is 5.40. The quantitative estimate of drug-likeness (QED) is 0.517. The third kappa shape index (κ3) is 7.60. The maximum atomic E-state index is 13.5. The summed E-state index contributed by atoms with van der Waals surface area (Å²) >= 11 is 6.10. The first kappa shape index (κ1) is 27.2. The summed E-state index contributed by atoms with van der Waals surface area (Å²) in [4.78, 5) is 31.6. The summed E-state index contributed by atoms with van der Waals surface area (Å²) in [6.45, 7) is 6.04. The predicted octanol–water partition coefficient (Wildman–Crippen LogP) is 3.58. The zero-order valence-corrected chi connectivity index (χ0v) is 22.2. The number of para-hydroxylation sites is 1. The smallest absolute Gasteiger partial charge is 0.405 e. The van der Waals surface area contributed by atoms with Crippen LogP contribution in [0.3, 0.4) is 0 Å². The van der Waals surface area contributed by atoms with Crippen LogP contribution in [0, 0.1) is 5.92 Å². The Hall–Kier alpha value is -2.81. The van der Waals surface area contributed by atoms with Crippen LogP contribution in [-0.4, -0.2) is 90.8 Å². The number of piperazine rings is 1. The summed E-state index contributed by atoms with van der Waals surface area (Å²) < 4.78 is 5.47. The van der Waals surface area contributed by atoms with Crippen LogP contribution in [0.1, 0.15) is 24.0 Å². The van der Waals surface area contributed by atoms with Gasteiger partial charge in [-0.2, -0.15) is 0 Å². The highest BCUT2D eigenvalue weighted by molar-refractivity contribution is 6.30. The Morgan fingerprint density at radius 3 is 2.43 bits per heavy atom. The second-order valence-corrected chi connectivity index (χ2v) is 10.3. The van der Waals surface area contributed by atoms with Crippen LogP contribution in [0.25, 0.3) is 0 Å². The molecule has 2 heterocycles. The normalized spacial score (nSPS) is 18.4. The molecule has 0 aromatic heterocycles. The lowest BCUT2D eigenvalue weighted by Crippen LogP contribution is -2.57. The molecule has 0 saturated carbocycles. The Labute approximate surface area is 224 Å². The number of halogens is 1. The van der Waals surface area contributed by atoms with Crippen LogP contribution >= 0.6 is 11.6 Å². The number of carbonyl (C=O) groups is 2. The summed E-state index contributed by atoms with van der Waals surface area (Å²) in [5.41, 5.74) is 2.33. The first-order valence-corrected chi connectivity index (χ1v) is 13.4. The van der Waals surface area contributed by atoms with E-state index in [4.69, 9.17) is 16.3 Å². The number of methoxy groups -OCH3 is 1. The minimum atomic E-state index is -1.14. The second-order valence-electron chi connectivity index (χ2n) is 9.90. The van der Waals surface area contributed by atoms with Crippen LogP contribution in [0.2, 0.25) is 5.02 Å². The lowest BCUT2D eigenvalue weighted by Gasteiger charge is -2.40. The zero-order valence-electron chi connectivity index (χ0n) is 21.4. The third-order valence-corrected chi connectivity index (χ3v) is 7.76. The van der Waals surface area contributed by atoms with Gasteiger partial charge in [0.1, 0.15) is 11.8 Å². The van der Waals surface area contributed by atoms with E-state index in [1.54, 1.807) is 7.11 Å². The number of benzene rings is 2. The molecule has 2 aliphatic heterocycles. The molecule has 2 saturated heterocycles. The fourth-order valence-corrected chi connectivity index (χ4v) is 5.61. The Bertz CT molecular complexity index is 1050. The Kier molecular flexibility index (Phi) is 9.66. The van der Waals surface area contributed by atoms with Gasteiger partial charge in [-0.3, -0.25) is 9.69 Å². The third-order valence-electron chi connectivity index (χ3n) is 7.52. The largest absolute Gasteiger partial charge is 0.496 e. The van der Waals surface area contributed by atoms with Gasteiger partial charge in [0.25, 0.3) is 0 Å². The molecule has 4 rings (SSSR count). The molecule has 1 atom stereocenters. The molecule has 200 valence electrons. The van der Waals surface area contributed by atoms with E-state index in [-0.39, 0.29) is 11.8 Å². The molecule has 2 aromatic carbocycles. The van der Waals surface area contributed by atoms with Gasteiger partial charge in [-0.1, -0.05) is 41.9 Å². The van der Waals surface area contributed by atoms with Crippen LogP contribution in [0.15, 0.2) is 48.5 Å². The molecule has 37 heavy (non-hydrogen) atoms. The average molecular weight is 529 g/mol. The molecular weight excluding hydrogens is 492 g/mol. The van der Waals surface area contributed by atoms with Crippen molar-refractivity contribution in [2.24, 2.45) is 5.92 Å². The van der Waals surface area contributed by atoms with Crippen molar-refractivity contribution >= 4 is 23.6 Å². The molecule has 0 radical (unpaired) electrons. The first-order chi connectivity index (χ1) is 17.9. The van der Waals surface area contributed by atoms with Crippen LogP contribution < -0.4 is 10.1 Å². The number of ether oxygens (including phenoxy) is 1. The van der Waals surface area contributed by atoms with Gasteiger partial charge in [-0.25, -0.2) is 4.79 Å². The van der Waals surface area contributed by atoms with Gasteiger partial charge in [0.15, 0.2) is 0 Å². The van der Waals surface area contributed by atoms with Crippen molar-refractivity contribution in [3.05, 3.63) is 64.7 Å². The summed E-state index contributed by atoms with van der Waals surface area (Å²) in [7, 11) is 1.68. The minimum absolute atomic E-state index is 0.00220. The number of amides is 2. The number of nitrogens with zero attached hydrogens (tertiary/aromatic N) is 3. The van der Waals surface area contributed by atoms with Gasteiger partial charge in [-0.15, -0.1) is 0 Å². The number of rotatable bonds is 9. The van der Waals surface area contributed by atoms with Crippen molar-refractivity contribution in [2.75, 3.05) is 52.9 Å². The summed E-state index contributed by atoms with van der Waals surface area (Å²) in [5.74, 6) is 0.764. The molecule has 2 aliphatic rings. The van der Waals surface area contributed by atoms with Gasteiger partial charge in [-0.05, 0) is 62.0 Å². The van der Waals surface area contributed by atoms with Gasteiger partial charge in [0.05, 0.1) is 7.11 Å². The maximum Gasteiger partial charge on any atom is 0.405 e. The summed E-state index contributed by atoms with van der Waals surface area (Å²) in [5, 5.41) is 12.8. The number of hydrogen-bond acceptors (Lipinski definition) is 5. The molecule has 0 bridgehead atoms. The molecule has 2 fully saturated rings. The molecule has 1 unspecified atom stereocenters. The fraction of sp³-hybridized carbons (Fsp3) is 0.500. The van der Waals surface area contributed by atoms with E-state index in [1.165, 1.54) is 5.56 Å². The number of likely N-dealkylation sites (tertiary alicyclic amines) is 1. The maximum absolute atomic E-state index is 13.5. The first-order valence-electron chi connectivity index (χ1n) is 13.0. The van der Waals surface area contributed by atoms with E-state index in [0.717, 1.165) is 74.9 Å². The number of carboxylic acid groups (broad SMARTS) is 1. The summed E-state index contributed by atoms with van der Waals surface area (Å²) in [6, 6.07) is 15.2. The van der Waals surface area contributed by atoms with Gasteiger partial charge < -0.3 is 25.0 Å². The average Bonchev–Trinajstić information content (AvgIpc) is 2.91. The number of carbonyl (C=O) groups excluding carboxylic acids is 1. The second kappa shape index (κ2) is 13.1. The molecular formula is C28H37ClN4O4. The molecule has 2 aromatic rings. The van der Waals surface area contributed by atoms with E-state index in [2.05, 4.69) is 27.2 Å².